The van der Waals surface area contributed by atoms with Gasteiger partial charge in [-0.1, -0.05) is 6.08 Å². The third-order valence-electron chi connectivity index (χ3n) is 0.839. The van der Waals surface area contributed by atoms with Crippen LogP contribution in [0.4, 0.5) is 0 Å². The first kappa shape index (κ1) is 9.70. The van der Waals surface area contributed by atoms with E-state index >= 15 is 0 Å². The molecule has 0 fully saturated rings. The van der Waals surface area contributed by atoms with E-state index in [-0.39, 0.29) is 10.8 Å². The number of aliphatic carboxylic acids is 1. The highest BCUT2D eigenvalue weighted by Gasteiger charge is 2.03. The molecule has 0 aromatic rings. The monoisotopic (exact) mass is 175 g/mol. The van der Waals surface area contributed by atoms with Crippen molar-refractivity contribution in [2.45, 2.75) is 6.92 Å². The number of nitrogens with one attached hydrogen (secondary N) is 2. The molecular weight excluding hydrogens is 166 g/mol. The molecule has 6 heteroatoms. The number of thiocarbonyl (C=S) groups is 1. The zero-order valence-corrected chi connectivity index (χ0v) is 6.73. The van der Waals surface area contributed by atoms with Crippen molar-refractivity contribution >= 4 is 23.3 Å². The predicted octanol–water partition coefficient (Wildman–Crippen LogP) is -0.687. The van der Waals surface area contributed by atoms with Crippen molar-refractivity contribution in [3.8, 4) is 0 Å². The van der Waals surface area contributed by atoms with Crippen molar-refractivity contribution in [3.05, 3.63) is 11.8 Å². The van der Waals surface area contributed by atoms with Crippen molar-refractivity contribution in [2.24, 2.45) is 5.73 Å². The minimum atomic E-state index is -1.07. The molecule has 5 nitrogen and oxygen atoms in total. The molecule has 0 amide bonds. The van der Waals surface area contributed by atoms with Crippen LogP contribution < -0.4 is 16.6 Å². The van der Waals surface area contributed by atoms with E-state index in [0.717, 1.165) is 0 Å². The van der Waals surface area contributed by atoms with Gasteiger partial charge in [-0.05, 0) is 19.1 Å². The van der Waals surface area contributed by atoms with Crippen LogP contribution in [0.5, 0.6) is 0 Å². The van der Waals surface area contributed by atoms with Crippen LogP contribution in [-0.2, 0) is 4.79 Å². The lowest BCUT2D eigenvalue weighted by molar-refractivity contribution is -0.133. The molecule has 0 aromatic carbocycles. The Morgan fingerprint density at radius 3 is 2.45 bits per heavy atom. The number of hydrogen-bond acceptors (Lipinski definition) is 3. The fraction of sp³-hybridized carbons (Fsp3) is 0.200. The Kier molecular flexibility index (Phi) is 3.97. The van der Waals surface area contributed by atoms with Crippen LogP contribution in [0.2, 0.25) is 0 Å². The molecule has 0 aliphatic heterocycles. The summed E-state index contributed by atoms with van der Waals surface area (Å²) in [5.74, 6) is -1.07. The maximum absolute atomic E-state index is 10.3. The lowest BCUT2D eigenvalue weighted by Crippen LogP contribution is -2.41. The second-order valence-electron chi connectivity index (χ2n) is 1.62. The summed E-state index contributed by atoms with van der Waals surface area (Å²) in [6, 6.07) is 0. The van der Waals surface area contributed by atoms with Crippen molar-refractivity contribution < 1.29 is 9.90 Å². The Balaban J connectivity index is 3.92. The van der Waals surface area contributed by atoms with Crippen LogP contribution in [-0.4, -0.2) is 16.2 Å². The molecular formula is C5H9N3O2S. The van der Waals surface area contributed by atoms with Gasteiger partial charge in [-0.15, -0.1) is 0 Å². The third kappa shape index (κ3) is 4.15. The van der Waals surface area contributed by atoms with Gasteiger partial charge in [-0.2, -0.15) is 0 Å². The lowest BCUT2D eigenvalue weighted by atomic mass is 10.4. The number of rotatable bonds is 3. The summed E-state index contributed by atoms with van der Waals surface area (Å²) in [7, 11) is 0. The molecule has 0 unspecified atom stereocenters. The van der Waals surface area contributed by atoms with Crippen molar-refractivity contribution in [1.82, 2.24) is 10.9 Å². The second kappa shape index (κ2) is 4.51. The largest absolute Gasteiger partial charge is 0.477 e. The number of carboxylic acid groups (broad SMARTS) is 1. The molecule has 0 spiro atoms. The van der Waals surface area contributed by atoms with Crippen LogP contribution >= 0.6 is 12.2 Å². The summed E-state index contributed by atoms with van der Waals surface area (Å²) in [6.07, 6.45) is 1.38. The predicted molar refractivity (Wildman–Crippen MR) is 44.4 cm³/mol. The van der Waals surface area contributed by atoms with Crippen LogP contribution in [0.15, 0.2) is 11.8 Å². The number of carbonyl (C=O) groups is 1. The number of hydrazine groups is 1. The fourth-order valence-electron chi connectivity index (χ4n) is 0.378. The molecule has 0 saturated carbocycles. The maximum Gasteiger partial charge on any atom is 0.353 e. The Bertz CT molecular complexity index is 202. The Morgan fingerprint density at radius 1 is 1.64 bits per heavy atom. The van der Waals surface area contributed by atoms with Gasteiger partial charge in [0, 0.05) is 0 Å². The zero-order chi connectivity index (χ0) is 8.85. The van der Waals surface area contributed by atoms with Gasteiger partial charge in [-0.25, -0.2) is 4.79 Å². The maximum atomic E-state index is 10.3. The quantitative estimate of drug-likeness (QED) is 0.258. The molecule has 0 aliphatic carbocycles. The molecule has 0 saturated heterocycles. The first-order valence-corrected chi connectivity index (χ1v) is 3.19. The average molecular weight is 175 g/mol. The molecule has 11 heavy (non-hydrogen) atoms. The van der Waals surface area contributed by atoms with Crippen molar-refractivity contribution in [1.29, 1.82) is 0 Å². The molecule has 62 valence electrons. The van der Waals surface area contributed by atoms with E-state index in [1.54, 1.807) is 6.92 Å². The van der Waals surface area contributed by atoms with E-state index in [9.17, 15) is 4.79 Å². The molecule has 5 N–H and O–H groups in total. The van der Waals surface area contributed by atoms with Crippen LogP contribution in [0.25, 0.3) is 0 Å². The van der Waals surface area contributed by atoms with Crippen LogP contribution in [0.3, 0.4) is 0 Å². The van der Waals surface area contributed by atoms with E-state index in [4.69, 9.17) is 10.8 Å². The summed E-state index contributed by atoms with van der Waals surface area (Å²) in [5.41, 5.74) is 9.63. The number of nitrogens with two attached hydrogens (primary N) is 1. The number of allylic oxidation sites excluding steroid dienone is 1. The highest BCUT2D eigenvalue weighted by Crippen LogP contribution is 1.84. The summed E-state index contributed by atoms with van der Waals surface area (Å²) < 4.78 is 0. The summed E-state index contributed by atoms with van der Waals surface area (Å²) in [5, 5.41) is 8.42. The van der Waals surface area contributed by atoms with Gasteiger partial charge in [0.25, 0.3) is 0 Å². The molecule has 0 radical (unpaired) electrons. The fourth-order valence-corrected chi connectivity index (χ4v) is 0.429. The molecule has 0 aliphatic rings. The summed E-state index contributed by atoms with van der Waals surface area (Å²) >= 11 is 4.43. The molecule has 0 bridgehead atoms. The van der Waals surface area contributed by atoms with E-state index in [1.807, 2.05) is 0 Å². The molecule has 0 atom stereocenters. The number of hydrogen-bond donors (Lipinski definition) is 4. The topological polar surface area (TPSA) is 87.4 Å². The molecule has 0 heterocycles. The van der Waals surface area contributed by atoms with Gasteiger partial charge in [0.2, 0.25) is 0 Å². The van der Waals surface area contributed by atoms with Gasteiger partial charge < -0.3 is 10.8 Å². The summed E-state index contributed by atoms with van der Waals surface area (Å²) in [6.45, 7) is 1.58. The van der Waals surface area contributed by atoms with Gasteiger partial charge in [0.1, 0.15) is 5.70 Å². The van der Waals surface area contributed by atoms with E-state index in [0.29, 0.717) is 0 Å². The minimum Gasteiger partial charge on any atom is -0.477 e. The normalized spacial score (nSPS) is 10.5. The van der Waals surface area contributed by atoms with Gasteiger partial charge in [-0.3, -0.25) is 10.9 Å². The van der Waals surface area contributed by atoms with Gasteiger partial charge >= 0.3 is 5.97 Å². The van der Waals surface area contributed by atoms with Gasteiger partial charge in [0.15, 0.2) is 5.11 Å². The molecule has 0 aromatic heterocycles. The average Bonchev–Trinajstić information content (AvgIpc) is 1.87. The van der Waals surface area contributed by atoms with Crippen molar-refractivity contribution in [2.75, 3.05) is 0 Å². The summed E-state index contributed by atoms with van der Waals surface area (Å²) in [4.78, 5) is 10.3. The third-order valence-corrected chi connectivity index (χ3v) is 0.942. The lowest BCUT2D eigenvalue weighted by Gasteiger charge is -2.06. The van der Waals surface area contributed by atoms with Crippen molar-refractivity contribution in [3.63, 3.8) is 0 Å². The van der Waals surface area contributed by atoms with E-state index in [2.05, 4.69) is 23.1 Å². The van der Waals surface area contributed by atoms with Crippen LogP contribution in [0.1, 0.15) is 6.92 Å². The van der Waals surface area contributed by atoms with E-state index < -0.39 is 5.97 Å². The first-order chi connectivity index (χ1) is 5.07. The van der Waals surface area contributed by atoms with Crippen LogP contribution in [0, 0.1) is 0 Å². The highest BCUT2D eigenvalue weighted by atomic mass is 32.1. The SMILES string of the molecule is CC=C(NNC(N)=S)C(=O)O. The van der Waals surface area contributed by atoms with Gasteiger partial charge in [0.05, 0.1) is 0 Å². The standard InChI is InChI=1S/C5H9N3O2S/c1-2-3(4(9)10)7-8-5(6)11/h2,7H,1H3,(H,9,10)(H3,6,8,11). The highest BCUT2D eigenvalue weighted by molar-refractivity contribution is 7.80. The minimum absolute atomic E-state index is 0.00204. The Labute approximate surface area is 69.2 Å². The zero-order valence-electron chi connectivity index (χ0n) is 5.92. The smallest absolute Gasteiger partial charge is 0.353 e. The number of carboxylic acids is 1. The second-order valence-corrected chi connectivity index (χ2v) is 2.06. The Morgan fingerprint density at radius 2 is 2.18 bits per heavy atom. The van der Waals surface area contributed by atoms with E-state index in [1.165, 1.54) is 6.08 Å². The Hall–Kier alpha value is -1.30. The molecule has 0 rings (SSSR count). The first-order valence-electron chi connectivity index (χ1n) is 2.79.